The molecular weight excluding hydrogens is 361 g/mol. The van der Waals surface area contributed by atoms with Gasteiger partial charge in [0, 0.05) is 38.4 Å². The van der Waals surface area contributed by atoms with E-state index in [2.05, 4.69) is 9.97 Å². The molecule has 27 heavy (non-hydrogen) atoms. The van der Waals surface area contributed by atoms with Crippen LogP contribution in [0, 0.1) is 0 Å². The van der Waals surface area contributed by atoms with Gasteiger partial charge in [0.15, 0.2) is 0 Å². The molecular formula is C18H19F3N4O2. The zero-order valence-corrected chi connectivity index (χ0v) is 14.7. The number of piperazine rings is 1. The van der Waals surface area contributed by atoms with Gasteiger partial charge in [0.05, 0.1) is 17.7 Å². The fourth-order valence-electron chi connectivity index (χ4n) is 2.91. The van der Waals surface area contributed by atoms with Crippen LogP contribution in [0.4, 0.5) is 19.1 Å². The summed E-state index contributed by atoms with van der Waals surface area (Å²) >= 11 is 0. The van der Waals surface area contributed by atoms with E-state index in [-0.39, 0.29) is 18.7 Å². The summed E-state index contributed by atoms with van der Waals surface area (Å²) in [6, 6.07) is 6.51. The molecule has 1 saturated heterocycles. The average molecular weight is 380 g/mol. The first-order valence-corrected chi connectivity index (χ1v) is 8.56. The second-order valence-electron chi connectivity index (χ2n) is 5.95. The Hall–Kier alpha value is -2.84. The van der Waals surface area contributed by atoms with E-state index in [0.717, 1.165) is 6.07 Å². The van der Waals surface area contributed by atoms with Gasteiger partial charge in [0.1, 0.15) is 0 Å². The van der Waals surface area contributed by atoms with E-state index in [1.165, 1.54) is 23.1 Å². The lowest BCUT2D eigenvalue weighted by Crippen LogP contribution is -2.49. The molecule has 1 aromatic carbocycles. The minimum absolute atomic E-state index is 0.285. The minimum atomic E-state index is -4.57. The van der Waals surface area contributed by atoms with Gasteiger partial charge in [0.25, 0.3) is 5.91 Å². The minimum Gasteiger partial charge on any atom is -0.478 e. The Bertz CT molecular complexity index is 805. The van der Waals surface area contributed by atoms with E-state index in [1.807, 2.05) is 11.8 Å². The molecule has 0 radical (unpaired) electrons. The molecule has 1 aromatic heterocycles. The maximum atomic E-state index is 13.2. The predicted molar refractivity (Wildman–Crippen MR) is 92.8 cm³/mol. The Morgan fingerprint density at radius 1 is 1.15 bits per heavy atom. The number of hydrogen-bond acceptors (Lipinski definition) is 5. The maximum Gasteiger partial charge on any atom is 0.417 e. The molecule has 1 fully saturated rings. The molecule has 9 heteroatoms. The van der Waals surface area contributed by atoms with E-state index in [0.29, 0.717) is 31.5 Å². The van der Waals surface area contributed by atoms with Crippen molar-refractivity contribution < 1.29 is 22.7 Å². The quantitative estimate of drug-likeness (QED) is 0.816. The Kier molecular flexibility index (Phi) is 5.48. The summed E-state index contributed by atoms with van der Waals surface area (Å²) in [5, 5.41) is 0. The Labute approximate surface area is 154 Å². The van der Waals surface area contributed by atoms with Gasteiger partial charge >= 0.3 is 6.18 Å². The van der Waals surface area contributed by atoms with E-state index in [4.69, 9.17) is 4.74 Å². The van der Waals surface area contributed by atoms with Crippen molar-refractivity contribution in [3.8, 4) is 5.88 Å². The second-order valence-corrected chi connectivity index (χ2v) is 5.95. The lowest BCUT2D eigenvalue weighted by Gasteiger charge is -2.35. The molecule has 1 amide bonds. The van der Waals surface area contributed by atoms with Crippen LogP contribution in [0.25, 0.3) is 0 Å². The lowest BCUT2D eigenvalue weighted by molar-refractivity contribution is -0.138. The molecule has 0 atom stereocenters. The average Bonchev–Trinajstić information content (AvgIpc) is 2.67. The third-order valence-corrected chi connectivity index (χ3v) is 4.22. The van der Waals surface area contributed by atoms with E-state index < -0.39 is 17.6 Å². The van der Waals surface area contributed by atoms with E-state index >= 15 is 0 Å². The van der Waals surface area contributed by atoms with Crippen molar-refractivity contribution in [3.63, 3.8) is 0 Å². The number of hydrogen-bond donors (Lipinski definition) is 0. The number of nitrogens with zero attached hydrogens (tertiary/aromatic N) is 4. The van der Waals surface area contributed by atoms with Gasteiger partial charge in [-0.2, -0.15) is 18.2 Å². The Morgan fingerprint density at radius 2 is 1.85 bits per heavy atom. The van der Waals surface area contributed by atoms with Gasteiger partial charge in [-0.1, -0.05) is 12.1 Å². The molecule has 0 unspecified atom stereocenters. The zero-order chi connectivity index (χ0) is 19.4. The molecule has 144 valence electrons. The standard InChI is InChI=1S/C18H19F3N4O2/c1-2-27-15-7-8-22-17(23-15)25-11-9-24(10-12-25)16(26)13-5-3-4-6-14(13)18(19,20)21/h3-8H,2,9-12H2,1H3. The highest BCUT2D eigenvalue weighted by atomic mass is 19.4. The van der Waals surface area contributed by atoms with E-state index in [1.54, 1.807) is 12.3 Å². The van der Waals surface area contributed by atoms with Crippen molar-refractivity contribution in [2.45, 2.75) is 13.1 Å². The number of aromatic nitrogens is 2. The second kappa shape index (κ2) is 7.81. The number of rotatable bonds is 4. The van der Waals surface area contributed by atoms with Crippen molar-refractivity contribution in [1.29, 1.82) is 0 Å². The van der Waals surface area contributed by atoms with Crippen LogP contribution in [-0.2, 0) is 6.18 Å². The number of ether oxygens (including phenoxy) is 1. The highest BCUT2D eigenvalue weighted by molar-refractivity contribution is 5.96. The Balaban J connectivity index is 1.69. The van der Waals surface area contributed by atoms with Crippen LogP contribution in [0.1, 0.15) is 22.8 Å². The topological polar surface area (TPSA) is 58.6 Å². The Morgan fingerprint density at radius 3 is 2.52 bits per heavy atom. The summed E-state index contributed by atoms with van der Waals surface area (Å²) in [6.07, 6.45) is -2.98. The van der Waals surface area contributed by atoms with Gasteiger partial charge in [0.2, 0.25) is 11.8 Å². The third-order valence-electron chi connectivity index (χ3n) is 4.22. The van der Waals surface area contributed by atoms with Gasteiger partial charge in [-0.25, -0.2) is 4.98 Å². The SMILES string of the molecule is CCOc1ccnc(N2CCN(C(=O)c3ccccc3C(F)(F)F)CC2)n1. The number of carbonyl (C=O) groups is 1. The number of benzene rings is 1. The van der Waals surface area contributed by atoms with Gasteiger partial charge in [-0.3, -0.25) is 4.79 Å². The summed E-state index contributed by atoms with van der Waals surface area (Å²) in [5.74, 6) is 0.315. The van der Waals surface area contributed by atoms with Crippen molar-refractivity contribution >= 4 is 11.9 Å². The molecule has 0 N–H and O–H groups in total. The first-order valence-electron chi connectivity index (χ1n) is 8.56. The van der Waals surface area contributed by atoms with E-state index in [9.17, 15) is 18.0 Å². The summed E-state index contributed by atoms with van der Waals surface area (Å²) in [6.45, 7) is 3.76. The molecule has 0 bridgehead atoms. The molecule has 1 aliphatic rings. The van der Waals surface area contributed by atoms with Crippen molar-refractivity contribution in [2.24, 2.45) is 0 Å². The highest BCUT2D eigenvalue weighted by Gasteiger charge is 2.36. The van der Waals surface area contributed by atoms with Crippen LogP contribution in [0.3, 0.4) is 0 Å². The van der Waals surface area contributed by atoms with Crippen molar-refractivity contribution in [3.05, 3.63) is 47.7 Å². The number of carbonyl (C=O) groups excluding carboxylic acids is 1. The van der Waals surface area contributed by atoms with Crippen molar-refractivity contribution in [2.75, 3.05) is 37.7 Å². The highest BCUT2D eigenvalue weighted by Crippen LogP contribution is 2.32. The summed E-state index contributed by atoms with van der Waals surface area (Å²) in [4.78, 5) is 24.4. The van der Waals surface area contributed by atoms with Crippen LogP contribution < -0.4 is 9.64 Å². The van der Waals surface area contributed by atoms with Crippen LogP contribution in [-0.4, -0.2) is 53.6 Å². The fraction of sp³-hybridized carbons (Fsp3) is 0.389. The molecule has 2 aromatic rings. The summed E-state index contributed by atoms with van der Waals surface area (Å²) < 4.78 is 44.8. The van der Waals surface area contributed by atoms with Crippen LogP contribution in [0.5, 0.6) is 5.88 Å². The number of amides is 1. The van der Waals surface area contributed by atoms with Gasteiger partial charge < -0.3 is 14.5 Å². The molecule has 3 rings (SSSR count). The van der Waals surface area contributed by atoms with Crippen molar-refractivity contribution in [1.82, 2.24) is 14.9 Å². The van der Waals surface area contributed by atoms with Gasteiger partial charge in [-0.05, 0) is 19.1 Å². The largest absolute Gasteiger partial charge is 0.478 e. The number of anilines is 1. The molecule has 0 saturated carbocycles. The predicted octanol–water partition coefficient (Wildman–Crippen LogP) is 2.86. The summed E-state index contributed by atoms with van der Waals surface area (Å²) in [7, 11) is 0. The normalized spacial score (nSPS) is 15.0. The lowest BCUT2D eigenvalue weighted by atomic mass is 10.1. The smallest absolute Gasteiger partial charge is 0.417 e. The van der Waals surface area contributed by atoms with Gasteiger partial charge in [-0.15, -0.1) is 0 Å². The third kappa shape index (κ3) is 4.29. The monoisotopic (exact) mass is 380 g/mol. The zero-order valence-electron chi connectivity index (χ0n) is 14.7. The molecule has 2 heterocycles. The summed E-state index contributed by atoms with van der Waals surface area (Å²) in [5.41, 5.74) is -1.24. The number of alkyl halides is 3. The maximum absolute atomic E-state index is 13.2. The first kappa shape index (κ1) is 18.9. The fourth-order valence-corrected chi connectivity index (χ4v) is 2.91. The van der Waals surface area contributed by atoms with Crippen LogP contribution in [0.15, 0.2) is 36.5 Å². The van der Waals surface area contributed by atoms with Crippen LogP contribution in [0.2, 0.25) is 0 Å². The molecule has 1 aliphatic heterocycles. The number of halogens is 3. The first-order chi connectivity index (χ1) is 12.9. The van der Waals surface area contributed by atoms with Crippen LogP contribution >= 0.6 is 0 Å². The molecule has 0 aliphatic carbocycles. The molecule has 0 spiro atoms. The molecule has 6 nitrogen and oxygen atoms in total.